The quantitative estimate of drug-likeness (QED) is 0.829. The van der Waals surface area contributed by atoms with Crippen LogP contribution < -0.4 is 9.47 Å². The minimum Gasteiger partial charge on any atom is -0.493 e. The number of carbonyl (C=O) groups is 1. The molecule has 1 aliphatic heterocycles. The van der Waals surface area contributed by atoms with Crippen molar-refractivity contribution in [3.8, 4) is 11.5 Å². The minimum atomic E-state index is -1.33. The molecule has 1 aromatic carbocycles. The summed E-state index contributed by atoms with van der Waals surface area (Å²) in [5.41, 5.74) is 0.423. The average Bonchev–Trinajstić information content (AvgIpc) is 2.53. The molecule has 1 fully saturated rings. The van der Waals surface area contributed by atoms with Crippen LogP contribution in [0.1, 0.15) is 24.5 Å². The Balaban J connectivity index is 2.18. The smallest absolute Gasteiger partial charge is 0.339 e. The van der Waals surface area contributed by atoms with Gasteiger partial charge in [0.25, 0.3) is 0 Å². The molecule has 1 heterocycles. The summed E-state index contributed by atoms with van der Waals surface area (Å²) in [5.74, 6) is 0.408. The Morgan fingerprint density at radius 1 is 1.36 bits per heavy atom. The second kappa shape index (κ2) is 7.47. The minimum absolute atomic E-state index is 0.0677. The van der Waals surface area contributed by atoms with Crippen LogP contribution in [0.25, 0.3) is 0 Å². The van der Waals surface area contributed by atoms with Crippen molar-refractivity contribution in [2.45, 2.75) is 25.0 Å². The van der Waals surface area contributed by atoms with Gasteiger partial charge in [-0.1, -0.05) is 6.07 Å². The highest BCUT2D eigenvalue weighted by Crippen LogP contribution is 2.32. The zero-order chi connectivity index (χ0) is 16.1. The van der Waals surface area contributed by atoms with E-state index in [1.165, 1.54) is 7.11 Å². The van der Waals surface area contributed by atoms with Gasteiger partial charge in [-0.05, 0) is 44.1 Å². The first kappa shape index (κ1) is 16.6. The number of rotatable bonds is 5. The van der Waals surface area contributed by atoms with E-state index in [1.54, 1.807) is 25.3 Å². The Labute approximate surface area is 130 Å². The van der Waals surface area contributed by atoms with E-state index < -0.39 is 12.1 Å². The first-order chi connectivity index (χ1) is 10.5. The fourth-order valence-electron chi connectivity index (χ4n) is 2.60. The lowest BCUT2D eigenvalue weighted by Crippen LogP contribution is -2.38. The predicted octanol–water partition coefficient (Wildman–Crippen LogP) is 1.37. The number of aliphatic hydroxyl groups excluding tert-OH is 1. The number of carbonyl (C=O) groups excluding carboxylic acids is 1. The number of hydrogen-bond donors (Lipinski definition) is 1. The zero-order valence-corrected chi connectivity index (χ0v) is 13.2. The maximum Gasteiger partial charge on any atom is 0.339 e. The van der Waals surface area contributed by atoms with Crippen LogP contribution in [0.2, 0.25) is 0 Å². The molecule has 6 nitrogen and oxygen atoms in total. The van der Waals surface area contributed by atoms with E-state index in [0.29, 0.717) is 17.1 Å². The second-order valence-electron chi connectivity index (χ2n) is 5.48. The molecule has 2 atom stereocenters. The van der Waals surface area contributed by atoms with Crippen molar-refractivity contribution in [1.82, 2.24) is 4.90 Å². The molecule has 2 unspecified atom stereocenters. The van der Waals surface area contributed by atoms with Crippen molar-refractivity contribution in [3.63, 3.8) is 0 Å². The van der Waals surface area contributed by atoms with Gasteiger partial charge in [0.15, 0.2) is 17.6 Å². The summed E-state index contributed by atoms with van der Waals surface area (Å²) in [6.07, 6.45) is 0.788. The van der Waals surface area contributed by atoms with Crippen LogP contribution in [0.15, 0.2) is 18.2 Å². The van der Waals surface area contributed by atoms with Gasteiger partial charge in [0, 0.05) is 6.54 Å². The van der Waals surface area contributed by atoms with Gasteiger partial charge in [0.1, 0.15) is 6.10 Å². The van der Waals surface area contributed by atoms with E-state index in [9.17, 15) is 9.90 Å². The Morgan fingerprint density at radius 3 is 2.77 bits per heavy atom. The number of likely N-dealkylation sites (tertiary alicyclic amines) is 1. The third kappa shape index (κ3) is 3.90. The van der Waals surface area contributed by atoms with Gasteiger partial charge in [0.2, 0.25) is 0 Å². The summed E-state index contributed by atoms with van der Waals surface area (Å²) in [5, 5.41) is 9.95. The van der Waals surface area contributed by atoms with E-state index in [0.717, 1.165) is 25.9 Å². The number of nitrogens with zero attached hydrogens (tertiary/aromatic N) is 1. The molecule has 6 heteroatoms. The molecule has 0 saturated carbocycles. The van der Waals surface area contributed by atoms with Crippen molar-refractivity contribution in [3.05, 3.63) is 23.8 Å². The van der Waals surface area contributed by atoms with Crippen molar-refractivity contribution >= 4 is 5.97 Å². The van der Waals surface area contributed by atoms with E-state index >= 15 is 0 Å². The SMILES string of the molecule is COC(=O)C(O)c1ccc(OC)c(OC2CCCN(C)C2)c1. The summed E-state index contributed by atoms with van der Waals surface area (Å²) >= 11 is 0. The first-order valence-corrected chi connectivity index (χ1v) is 7.34. The summed E-state index contributed by atoms with van der Waals surface area (Å²) in [6, 6.07) is 4.94. The molecule has 122 valence electrons. The van der Waals surface area contributed by atoms with Crippen LogP contribution in [0, 0.1) is 0 Å². The summed E-state index contributed by atoms with van der Waals surface area (Å²) < 4.78 is 15.9. The van der Waals surface area contributed by atoms with Gasteiger partial charge in [-0.2, -0.15) is 0 Å². The zero-order valence-electron chi connectivity index (χ0n) is 13.2. The van der Waals surface area contributed by atoms with E-state index in [2.05, 4.69) is 16.7 Å². The highest BCUT2D eigenvalue weighted by Gasteiger charge is 2.23. The molecule has 1 N–H and O–H groups in total. The molecule has 0 aliphatic carbocycles. The van der Waals surface area contributed by atoms with Gasteiger partial charge in [-0.25, -0.2) is 4.79 Å². The molecule has 0 aromatic heterocycles. The van der Waals surface area contributed by atoms with Gasteiger partial charge in [-0.3, -0.25) is 0 Å². The topological polar surface area (TPSA) is 68.2 Å². The van der Waals surface area contributed by atoms with Gasteiger partial charge >= 0.3 is 5.97 Å². The summed E-state index contributed by atoms with van der Waals surface area (Å²) in [7, 11) is 4.86. The van der Waals surface area contributed by atoms with Crippen LogP contribution in [0.4, 0.5) is 0 Å². The number of ether oxygens (including phenoxy) is 3. The lowest BCUT2D eigenvalue weighted by Gasteiger charge is -2.30. The van der Waals surface area contributed by atoms with Crippen LogP contribution in [-0.2, 0) is 9.53 Å². The predicted molar refractivity (Wildman–Crippen MR) is 81.1 cm³/mol. The van der Waals surface area contributed by atoms with E-state index in [1.807, 2.05) is 0 Å². The molecule has 0 radical (unpaired) electrons. The maximum atomic E-state index is 11.5. The normalized spacial score (nSPS) is 20.3. The van der Waals surface area contributed by atoms with Crippen LogP contribution in [0.3, 0.4) is 0 Å². The molecule has 0 amide bonds. The molecule has 0 bridgehead atoms. The lowest BCUT2D eigenvalue weighted by molar-refractivity contribution is -0.150. The van der Waals surface area contributed by atoms with E-state index in [-0.39, 0.29) is 6.10 Å². The number of benzene rings is 1. The van der Waals surface area contributed by atoms with Crippen LogP contribution in [-0.4, -0.2) is 56.4 Å². The molecule has 0 spiro atoms. The largest absolute Gasteiger partial charge is 0.493 e. The Hall–Kier alpha value is -1.79. The van der Waals surface area contributed by atoms with Crippen LogP contribution >= 0.6 is 0 Å². The summed E-state index contributed by atoms with van der Waals surface area (Å²) in [6.45, 7) is 1.91. The number of aliphatic hydroxyl groups is 1. The van der Waals surface area contributed by atoms with Crippen molar-refractivity contribution in [2.24, 2.45) is 0 Å². The number of esters is 1. The van der Waals surface area contributed by atoms with Crippen molar-refractivity contribution in [1.29, 1.82) is 0 Å². The number of piperidine rings is 1. The number of methoxy groups -OCH3 is 2. The first-order valence-electron chi connectivity index (χ1n) is 7.34. The molecular weight excluding hydrogens is 286 g/mol. The molecular formula is C16H23NO5. The standard InChI is InChI=1S/C16H23NO5/c1-17-8-4-5-12(10-17)22-14-9-11(6-7-13(14)20-2)15(18)16(19)21-3/h6-7,9,12,15,18H,4-5,8,10H2,1-3H3. The van der Waals surface area contributed by atoms with Crippen molar-refractivity contribution < 1.29 is 24.1 Å². The molecule has 1 aliphatic rings. The fraction of sp³-hybridized carbons (Fsp3) is 0.562. The van der Waals surface area contributed by atoms with Crippen LogP contribution in [0.5, 0.6) is 11.5 Å². The van der Waals surface area contributed by atoms with Gasteiger partial charge in [0.05, 0.1) is 14.2 Å². The van der Waals surface area contributed by atoms with Gasteiger partial charge in [-0.15, -0.1) is 0 Å². The number of likely N-dealkylation sites (N-methyl/N-ethyl adjacent to an activating group) is 1. The third-order valence-corrected chi connectivity index (χ3v) is 3.80. The monoisotopic (exact) mass is 309 g/mol. The molecule has 1 saturated heterocycles. The fourth-order valence-corrected chi connectivity index (χ4v) is 2.60. The molecule has 2 rings (SSSR count). The van der Waals surface area contributed by atoms with Gasteiger partial charge < -0.3 is 24.2 Å². The van der Waals surface area contributed by atoms with E-state index in [4.69, 9.17) is 9.47 Å². The maximum absolute atomic E-state index is 11.5. The Bertz CT molecular complexity index is 519. The summed E-state index contributed by atoms with van der Waals surface area (Å²) in [4.78, 5) is 13.7. The molecule has 22 heavy (non-hydrogen) atoms. The average molecular weight is 309 g/mol. The molecule has 1 aromatic rings. The highest BCUT2D eigenvalue weighted by molar-refractivity contribution is 5.76. The highest BCUT2D eigenvalue weighted by atomic mass is 16.5. The Kier molecular flexibility index (Phi) is 5.63. The number of hydrogen-bond acceptors (Lipinski definition) is 6. The lowest BCUT2D eigenvalue weighted by atomic mass is 10.1. The second-order valence-corrected chi connectivity index (χ2v) is 5.48. The Morgan fingerprint density at radius 2 is 2.14 bits per heavy atom. The third-order valence-electron chi connectivity index (χ3n) is 3.80. The van der Waals surface area contributed by atoms with Crippen molar-refractivity contribution in [2.75, 3.05) is 34.4 Å².